The van der Waals surface area contributed by atoms with E-state index in [0.29, 0.717) is 12.1 Å². The zero-order valence-electron chi connectivity index (χ0n) is 14.9. The van der Waals surface area contributed by atoms with Crippen LogP contribution in [0, 0.1) is 5.41 Å². The number of nitrogen functional groups attached to an aromatic ring is 1. The summed E-state index contributed by atoms with van der Waals surface area (Å²) >= 11 is 7.61. The van der Waals surface area contributed by atoms with E-state index in [4.69, 9.17) is 27.5 Å². The number of ether oxygens (including phenoxy) is 1. The quantitative estimate of drug-likeness (QED) is 0.252. The number of anilines is 2. The molecule has 5 nitrogen and oxygen atoms in total. The Labute approximate surface area is 166 Å². The molecule has 0 atom stereocenters. The maximum Gasteiger partial charge on any atom is 0.255 e. The molecule has 0 unspecified atom stereocenters. The van der Waals surface area contributed by atoms with Gasteiger partial charge in [-0.15, -0.1) is 0 Å². The van der Waals surface area contributed by atoms with Gasteiger partial charge in [0, 0.05) is 6.26 Å². The lowest BCUT2D eigenvalue weighted by Crippen LogP contribution is -2.26. The van der Waals surface area contributed by atoms with Crippen molar-refractivity contribution in [2.75, 3.05) is 31.0 Å². The van der Waals surface area contributed by atoms with Gasteiger partial charge in [0.05, 0.1) is 42.2 Å². The Balaban J connectivity index is 2.31. The van der Waals surface area contributed by atoms with Crippen LogP contribution in [-0.2, 0) is 6.54 Å². The molecule has 2 aromatic rings. The van der Waals surface area contributed by atoms with Crippen molar-refractivity contribution < 1.29 is 13.5 Å². The van der Waals surface area contributed by atoms with Gasteiger partial charge in [-0.25, -0.2) is 8.78 Å². The summed E-state index contributed by atoms with van der Waals surface area (Å²) in [5, 5.41) is 11.5. The highest BCUT2D eigenvalue weighted by Gasteiger charge is 2.21. The average Bonchev–Trinajstić information content (AvgIpc) is 2.66. The van der Waals surface area contributed by atoms with Crippen LogP contribution in [0.3, 0.4) is 0 Å². The van der Waals surface area contributed by atoms with E-state index >= 15 is 0 Å². The van der Waals surface area contributed by atoms with E-state index in [9.17, 15) is 8.78 Å². The van der Waals surface area contributed by atoms with Gasteiger partial charge in [0.1, 0.15) is 11.6 Å². The summed E-state index contributed by atoms with van der Waals surface area (Å²) in [5.74, 6) is 0.814. The summed E-state index contributed by atoms with van der Waals surface area (Å²) in [6.45, 7) is -0.161. The van der Waals surface area contributed by atoms with Gasteiger partial charge < -0.3 is 15.8 Å². The van der Waals surface area contributed by atoms with E-state index in [-0.39, 0.29) is 22.2 Å². The molecule has 4 N–H and O–H groups in total. The highest BCUT2D eigenvalue weighted by atomic mass is 35.5. The Bertz CT molecular complexity index is 790. The van der Waals surface area contributed by atoms with Gasteiger partial charge in [0.25, 0.3) is 6.43 Å². The highest BCUT2D eigenvalue weighted by Crippen LogP contribution is 2.33. The zero-order valence-corrected chi connectivity index (χ0v) is 16.5. The first-order chi connectivity index (χ1) is 12.9. The molecular formula is C18H21ClF2N4OS. The molecule has 9 heteroatoms. The molecule has 0 aliphatic carbocycles. The molecule has 2 aromatic carbocycles. The number of nitrogens with two attached hydrogens (primary N) is 1. The summed E-state index contributed by atoms with van der Waals surface area (Å²) in [6, 6.07) is 10.5. The minimum Gasteiger partial charge on any atom is -0.497 e. The van der Waals surface area contributed by atoms with Crippen LogP contribution in [0.15, 0.2) is 36.4 Å². The van der Waals surface area contributed by atoms with Gasteiger partial charge in [-0.3, -0.25) is 9.71 Å². The summed E-state index contributed by atoms with van der Waals surface area (Å²) in [4.78, 5) is 0. The standard InChI is InChI=1S/C18H21ClF2N4OS/c1-26-12-5-3-11(4-6-12)10-25(27-2)18(23)16-13(19)7-8-14(22)17(16)24-9-15(20)21/h3-8,15,23-24H,9-10,22H2,1-2H3. The first kappa shape index (κ1) is 21.1. The number of nitrogens with one attached hydrogen (secondary N) is 2. The first-order valence-corrected chi connectivity index (χ1v) is 9.56. The fraction of sp³-hybridized carbons (Fsp3) is 0.278. The minimum atomic E-state index is -2.55. The van der Waals surface area contributed by atoms with Crippen LogP contribution >= 0.6 is 23.5 Å². The van der Waals surface area contributed by atoms with Crippen molar-refractivity contribution in [2.45, 2.75) is 13.0 Å². The van der Waals surface area contributed by atoms with Crippen LogP contribution in [0.4, 0.5) is 20.2 Å². The van der Waals surface area contributed by atoms with Crippen molar-refractivity contribution in [3.8, 4) is 5.75 Å². The third kappa shape index (κ3) is 5.40. The van der Waals surface area contributed by atoms with Gasteiger partial charge in [0.2, 0.25) is 0 Å². The second-order valence-electron chi connectivity index (χ2n) is 5.57. The number of alkyl halides is 2. The molecule has 0 radical (unpaired) electrons. The van der Waals surface area contributed by atoms with Crippen LogP contribution in [0.25, 0.3) is 0 Å². The third-order valence-corrected chi connectivity index (χ3v) is 4.88. The second-order valence-corrected chi connectivity index (χ2v) is 6.79. The average molecular weight is 415 g/mol. The van der Waals surface area contributed by atoms with E-state index in [2.05, 4.69) is 5.32 Å². The van der Waals surface area contributed by atoms with Crippen molar-refractivity contribution in [2.24, 2.45) is 0 Å². The maximum atomic E-state index is 12.6. The van der Waals surface area contributed by atoms with Crippen molar-refractivity contribution in [1.82, 2.24) is 4.31 Å². The van der Waals surface area contributed by atoms with Gasteiger partial charge in [-0.2, -0.15) is 0 Å². The summed E-state index contributed by atoms with van der Waals surface area (Å²) < 4.78 is 32.1. The Hall–Kier alpha value is -2.19. The second kappa shape index (κ2) is 9.66. The maximum absolute atomic E-state index is 12.6. The number of hydrogen-bond donors (Lipinski definition) is 3. The molecule has 2 rings (SSSR count). The van der Waals surface area contributed by atoms with Crippen molar-refractivity contribution in [3.05, 3.63) is 52.5 Å². The third-order valence-electron chi connectivity index (χ3n) is 3.81. The van der Waals surface area contributed by atoms with Gasteiger partial charge in [0.15, 0.2) is 0 Å². The summed E-state index contributed by atoms with van der Waals surface area (Å²) in [5.41, 5.74) is 7.68. The summed E-state index contributed by atoms with van der Waals surface area (Å²) in [6.07, 6.45) is -0.730. The fourth-order valence-electron chi connectivity index (χ4n) is 2.45. The van der Waals surface area contributed by atoms with E-state index in [1.54, 1.807) is 17.5 Å². The number of benzene rings is 2. The topological polar surface area (TPSA) is 74.4 Å². The van der Waals surface area contributed by atoms with E-state index in [0.717, 1.165) is 11.3 Å². The molecule has 0 aliphatic heterocycles. The fourth-order valence-corrected chi connectivity index (χ4v) is 3.25. The number of halogens is 3. The molecule has 0 aromatic heterocycles. The first-order valence-electron chi connectivity index (χ1n) is 8.00. The Kier molecular flexibility index (Phi) is 7.55. The van der Waals surface area contributed by atoms with Crippen LogP contribution in [0.1, 0.15) is 11.1 Å². The van der Waals surface area contributed by atoms with Crippen molar-refractivity contribution in [3.63, 3.8) is 0 Å². The number of rotatable bonds is 8. The molecule has 0 saturated carbocycles. The normalized spacial score (nSPS) is 10.7. The lowest BCUT2D eigenvalue weighted by atomic mass is 10.1. The van der Waals surface area contributed by atoms with Crippen LogP contribution in [0.2, 0.25) is 5.02 Å². The lowest BCUT2D eigenvalue weighted by Gasteiger charge is -2.25. The number of amidine groups is 1. The van der Waals surface area contributed by atoms with Crippen molar-refractivity contribution >= 4 is 40.8 Å². The minimum absolute atomic E-state index is 0.0763. The van der Waals surface area contributed by atoms with Gasteiger partial charge in [-0.05, 0) is 29.8 Å². The molecule has 0 fully saturated rings. The molecule has 0 bridgehead atoms. The van der Waals surface area contributed by atoms with Crippen LogP contribution in [-0.4, -0.2) is 36.5 Å². The van der Waals surface area contributed by atoms with Crippen molar-refractivity contribution in [1.29, 1.82) is 5.41 Å². The molecule has 0 spiro atoms. The molecule has 0 saturated heterocycles. The number of hydrogen-bond acceptors (Lipinski definition) is 5. The van der Waals surface area contributed by atoms with Gasteiger partial charge >= 0.3 is 0 Å². The monoisotopic (exact) mass is 414 g/mol. The van der Waals surface area contributed by atoms with Crippen LogP contribution < -0.4 is 15.8 Å². The SMILES string of the molecule is COc1ccc(CN(SC)C(=N)c2c(Cl)ccc(N)c2NCC(F)F)cc1. The largest absolute Gasteiger partial charge is 0.497 e. The lowest BCUT2D eigenvalue weighted by molar-refractivity contribution is 0.163. The predicted molar refractivity (Wildman–Crippen MR) is 109 cm³/mol. The highest BCUT2D eigenvalue weighted by molar-refractivity contribution is 7.96. The van der Waals surface area contributed by atoms with Gasteiger partial charge in [-0.1, -0.05) is 35.7 Å². The van der Waals surface area contributed by atoms with E-state index < -0.39 is 13.0 Å². The molecule has 0 amide bonds. The Morgan fingerprint density at radius 2 is 1.96 bits per heavy atom. The Morgan fingerprint density at radius 1 is 1.30 bits per heavy atom. The molecule has 0 aliphatic rings. The van der Waals surface area contributed by atoms with E-state index in [1.165, 1.54) is 18.0 Å². The van der Waals surface area contributed by atoms with Crippen LogP contribution in [0.5, 0.6) is 5.75 Å². The smallest absolute Gasteiger partial charge is 0.255 e. The Morgan fingerprint density at radius 3 is 2.52 bits per heavy atom. The molecule has 146 valence electrons. The molecular weight excluding hydrogens is 394 g/mol. The zero-order chi connectivity index (χ0) is 20.0. The van der Waals surface area contributed by atoms with E-state index in [1.807, 2.05) is 30.5 Å². The number of methoxy groups -OCH3 is 1. The number of nitrogens with zero attached hydrogens (tertiary/aromatic N) is 1. The molecule has 27 heavy (non-hydrogen) atoms. The molecule has 0 heterocycles. The summed E-state index contributed by atoms with van der Waals surface area (Å²) in [7, 11) is 1.59. The predicted octanol–water partition coefficient (Wildman–Crippen LogP) is 4.71.